The molecule has 1 heterocycles. The number of guanidine groups is 1. The van der Waals surface area contributed by atoms with Gasteiger partial charge in [-0.3, -0.25) is 4.99 Å². The number of nitrogens with zero attached hydrogens (tertiary/aromatic N) is 2. The highest BCUT2D eigenvalue weighted by molar-refractivity contribution is 5.80. The number of benzene rings is 1. The Labute approximate surface area is 132 Å². The van der Waals surface area contributed by atoms with E-state index in [1.54, 1.807) is 6.07 Å². The van der Waals surface area contributed by atoms with Crippen molar-refractivity contribution < 1.29 is 4.39 Å². The summed E-state index contributed by atoms with van der Waals surface area (Å²) in [5.41, 5.74) is 1.21. The summed E-state index contributed by atoms with van der Waals surface area (Å²) < 4.78 is 13.5. The molecule has 1 N–H and O–H groups in total. The van der Waals surface area contributed by atoms with E-state index in [0.29, 0.717) is 0 Å². The Morgan fingerprint density at radius 3 is 2.91 bits per heavy atom. The average Bonchev–Trinajstić information content (AvgIpc) is 3.29. The molecule has 120 valence electrons. The first-order chi connectivity index (χ1) is 10.6. The van der Waals surface area contributed by atoms with E-state index in [1.165, 1.54) is 18.9 Å². The second-order valence-corrected chi connectivity index (χ2v) is 6.88. The van der Waals surface area contributed by atoms with E-state index in [0.717, 1.165) is 49.9 Å². The molecule has 1 aliphatic carbocycles. The fourth-order valence-electron chi connectivity index (χ4n) is 3.50. The Hall–Kier alpha value is -1.58. The molecule has 1 saturated carbocycles. The molecule has 0 spiro atoms. The zero-order valence-electron chi connectivity index (χ0n) is 13.6. The molecule has 1 atom stereocenters. The molecule has 2 fully saturated rings. The van der Waals surface area contributed by atoms with Gasteiger partial charge in [-0.2, -0.15) is 0 Å². The number of nitrogens with one attached hydrogen (secondary N) is 1. The molecule has 1 saturated heterocycles. The van der Waals surface area contributed by atoms with Gasteiger partial charge in [-0.1, -0.05) is 19.1 Å². The van der Waals surface area contributed by atoms with E-state index < -0.39 is 0 Å². The fourth-order valence-corrected chi connectivity index (χ4v) is 3.50. The molecule has 22 heavy (non-hydrogen) atoms. The maximum atomic E-state index is 13.5. The standard InChI is InChI=1S/C18H26FN3/c1-14-5-4-10-22(12-14)17(20-2)21-13-18(8-9-18)15-6-3-7-16(19)11-15/h3,6-7,11,14H,4-5,8-10,12-13H2,1-2H3,(H,20,21). The predicted molar refractivity (Wildman–Crippen MR) is 88.6 cm³/mol. The molecule has 0 radical (unpaired) electrons. The van der Waals surface area contributed by atoms with Crippen molar-refractivity contribution in [2.75, 3.05) is 26.7 Å². The van der Waals surface area contributed by atoms with Crippen molar-refractivity contribution in [2.24, 2.45) is 10.9 Å². The number of hydrogen-bond acceptors (Lipinski definition) is 1. The van der Waals surface area contributed by atoms with Crippen LogP contribution in [0.1, 0.15) is 38.2 Å². The zero-order chi connectivity index (χ0) is 15.6. The highest BCUT2D eigenvalue weighted by atomic mass is 19.1. The first-order valence-electron chi connectivity index (χ1n) is 8.35. The van der Waals surface area contributed by atoms with Crippen LogP contribution >= 0.6 is 0 Å². The third-order valence-corrected chi connectivity index (χ3v) is 5.04. The summed E-state index contributed by atoms with van der Waals surface area (Å²) in [4.78, 5) is 6.80. The summed E-state index contributed by atoms with van der Waals surface area (Å²) in [6.07, 6.45) is 4.78. The summed E-state index contributed by atoms with van der Waals surface area (Å²) in [6, 6.07) is 7.05. The van der Waals surface area contributed by atoms with Gasteiger partial charge in [0.15, 0.2) is 5.96 Å². The monoisotopic (exact) mass is 303 g/mol. The van der Waals surface area contributed by atoms with Crippen LogP contribution < -0.4 is 5.32 Å². The van der Waals surface area contributed by atoms with Gasteiger partial charge in [-0.05, 0) is 49.3 Å². The highest BCUT2D eigenvalue weighted by Gasteiger charge is 2.44. The summed E-state index contributed by atoms with van der Waals surface area (Å²) in [7, 11) is 1.85. The van der Waals surface area contributed by atoms with Gasteiger partial charge in [0.1, 0.15) is 5.82 Å². The predicted octanol–water partition coefficient (Wildman–Crippen LogP) is 3.16. The summed E-state index contributed by atoms with van der Waals surface area (Å²) >= 11 is 0. The van der Waals surface area contributed by atoms with Crippen LogP contribution in [-0.2, 0) is 5.41 Å². The van der Waals surface area contributed by atoms with Crippen LogP contribution in [0.5, 0.6) is 0 Å². The van der Waals surface area contributed by atoms with Crippen molar-refractivity contribution in [1.82, 2.24) is 10.2 Å². The van der Waals surface area contributed by atoms with Crippen molar-refractivity contribution in [3.05, 3.63) is 35.6 Å². The molecule has 1 aromatic rings. The molecule has 0 amide bonds. The lowest BCUT2D eigenvalue weighted by Gasteiger charge is -2.34. The normalized spacial score (nSPS) is 24.2. The van der Waals surface area contributed by atoms with Crippen LogP contribution in [0.4, 0.5) is 4.39 Å². The van der Waals surface area contributed by atoms with Crippen molar-refractivity contribution in [3.8, 4) is 0 Å². The van der Waals surface area contributed by atoms with E-state index in [1.807, 2.05) is 19.2 Å². The lowest BCUT2D eigenvalue weighted by atomic mass is 9.96. The molecule has 3 rings (SSSR count). The second kappa shape index (κ2) is 6.27. The molecular formula is C18H26FN3. The smallest absolute Gasteiger partial charge is 0.193 e. The number of likely N-dealkylation sites (tertiary alicyclic amines) is 1. The first-order valence-corrected chi connectivity index (χ1v) is 8.35. The SMILES string of the molecule is CN=C(NCC1(c2cccc(F)c2)CC1)N1CCCC(C)C1. The van der Waals surface area contributed by atoms with Crippen LogP contribution in [-0.4, -0.2) is 37.5 Å². The summed E-state index contributed by atoms with van der Waals surface area (Å²) in [5.74, 6) is 1.58. The van der Waals surface area contributed by atoms with Crippen LogP contribution in [0.2, 0.25) is 0 Å². The van der Waals surface area contributed by atoms with Crippen molar-refractivity contribution in [1.29, 1.82) is 0 Å². The Bertz CT molecular complexity index is 551. The zero-order valence-corrected chi connectivity index (χ0v) is 13.6. The number of halogens is 1. The molecule has 3 nitrogen and oxygen atoms in total. The van der Waals surface area contributed by atoms with Gasteiger partial charge in [0.25, 0.3) is 0 Å². The molecule has 2 aliphatic rings. The number of hydrogen-bond donors (Lipinski definition) is 1. The Balaban J connectivity index is 1.63. The molecule has 1 unspecified atom stereocenters. The Kier molecular flexibility index (Phi) is 4.37. The average molecular weight is 303 g/mol. The van der Waals surface area contributed by atoms with E-state index in [4.69, 9.17) is 0 Å². The van der Waals surface area contributed by atoms with Crippen molar-refractivity contribution in [2.45, 2.75) is 38.0 Å². The maximum Gasteiger partial charge on any atom is 0.193 e. The topological polar surface area (TPSA) is 27.6 Å². The van der Waals surface area contributed by atoms with Crippen LogP contribution in [0.3, 0.4) is 0 Å². The molecule has 0 bridgehead atoms. The van der Waals surface area contributed by atoms with Gasteiger partial charge >= 0.3 is 0 Å². The second-order valence-electron chi connectivity index (χ2n) is 6.88. The first kappa shape index (κ1) is 15.3. The molecule has 1 aromatic carbocycles. The molecule has 1 aliphatic heterocycles. The minimum atomic E-state index is -0.141. The van der Waals surface area contributed by atoms with E-state index >= 15 is 0 Å². The third-order valence-electron chi connectivity index (χ3n) is 5.04. The largest absolute Gasteiger partial charge is 0.355 e. The molecule has 0 aromatic heterocycles. The third kappa shape index (κ3) is 3.26. The van der Waals surface area contributed by atoms with Gasteiger partial charge in [-0.25, -0.2) is 4.39 Å². The van der Waals surface area contributed by atoms with Crippen molar-refractivity contribution in [3.63, 3.8) is 0 Å². The minimum Gasteiger partial charge on any atom is -0.355 e. The van der Waals surface area contributed by atoms with Crippen LogP contribution in [0, 0.1) is 11.7 Å². The number of aliphatic imine (C=N–C) groups is 1. The molecular weight excluding hydrogens is 277 g/mol. The van der Waals surface area contributed by atoms with Gasteiger partial charge < -0.3 is 10.2 Å². The lowest BCUT2D eigenvalue weighted by Crippen LogP contribution is -2.48. The number of piperidine rings is 1. The van der Waals surface area contributed by atoms with E-state index in [2.05, 4.69) is 22.1 Å². The van der Waals surface area contributed by atoms with E-state index in [9.17, 15) is 4.39 Å². The summed E-state index contributed by atoms with van der Waals surface area (Å²) in [5, 5.41) is 3.53. The Morgan fingerprint density at radius 1 is 1.45 bits per heavy atom. The highest BCUT2D eigenvalue weighted by Crippen LogP contribution is 2.47. The maximum absolute atomic E-state index is 13.5. The fraction of sp³-hybridized carbons (Fsp3) is 0.611. The lowest BCUT2D eigenvalue weighted by molar-refractivity contribution is 0.265. The van der Waals surface area contributed by atoms with Gasteiger partial charge in [0.2, 0.25) is 0 Å². The van der Waals surface area contributed by atoms with Gasteiger partial charge in [-0.15, -0.1) is 0 Å². The van der Waals surface area contributed by atoms with Crippen LogP contribution in [0.15, 0.2) is 29.3 Å². The number of rotatable bonds is 3. The van der Waals surface area contributed by atoms with Crippen molar-refractivity contribution >= 4 is 5.96 Å². The Morgan fingerprint density at radius 2 is 2.27 bits per heavy atom. The van der Waals surface area contributed by atoms with Gasteiger partial charge in [0.05, 0.1) is 0 Å². The minimum absolute atomic E-state index is 0.0967. The van der Waals surface area contributed by atoms with Gasteiger partial charge in [0, 0.05) is 32.1 Å². The van der Waals surface area contributed by atoms with E-state index in [-0.39, 0.29) is 11.2 Å². The molecule has 4 heteroatoms. The quantitative estimate of drug-likeness (QED) is 0.686. The van der Waals surface area contributed by atoms with Crippen LogP contribution in [0.25, 0.3) is 0 Å². The summed E-state index contributed by atoms with van der Waals surface area (Å²) in [6.45, 7) is 5.30.